The van der Waals surface area contributed by atoms with Crippen LogP contribution in [0.25, 0.3) is 55.0 Å². The van der Waals surface area contributed by atoms with Crippen LogP contribution >= 0.6 is 0 Å². The number of benzene rings is 4. The number of allylic oxidation sites excluding steroid dienone is 8. The van der Waals surface area contributed by atoms with E-state index in [1.807, 2.05) is 0 Å². The van der Waals surface area contributed by atoms with Crippen molar-refractivity contribution in [3.05, 3.63) is 131 Å². The summed E-state index contributed by atoms with van der Waals surface area (Å²) in [5.41, 5.74) is 15.2. The van der Waals surface area contributed by atoms with Crippen molar-refractivity contribution >= 4 is 55.0 Å². The molecule has 2 nitrogen and oxygen atoms in total. The van der Waals surface area contributed by atoms with Crippen LogP contribution in [0.1, 0.15) is 96.8 Å². The van der Waals surface area contributed by atoms with E-state index in [1.54, 1.807) is 0 Å². The van der Waals surface area contributed by atoms with Crippen molar-refractivity contribution in [1.82, 2.24) is 9.13 Å². The number of aryl methyl sites for hydroxylation is 1. The first-order chi connectivity index (χ1) is 23.6. The average molecular weight is 643 g/mol. The maximum absolute atomic E-state index is 2.53. The van der Waals surface area contributed by atoms with Crippen molar-refractivity contribution in [2.75, 3.05) is 0 Å². The number of hydrogen-bond donors (Lipinski definition) is 0. The van der Waals surface area contributed by atoms with Gasteiger partial charge in [0.1, 0.15) is 0 Å². The van der Waals surface area contributed by atoms with Crippen molar-refractivity contribution in [3.63, 3.8) is 0 Å². The molecule has 0 fully saturated rings. The molecule has 0 N–H and O–H groups in total. The Hall–Kier alpha value is -4.56. The minimum atomic E-state index is 0.147. The summed E-state index contributed by atoms with van der Waals surface area (Å²) >= 11 is 0. The lowest BCUT2D eigenvalue weighted by Crippen LogP contribution is -2.15. The van der Waals surface area contributed by atoms with E-state index in [1.165, 1.54) is 82.8 Å². The van der Waals surface area contributed by atoms with Crippen LogP contribution in [-0.4, -0.2) is 9.13 Å². The number of aromatic nitrogens is 2. The molecular formula is C47H50N2. The molecule has 0 saturated carbocycles. The van der Waals surface area contributed by atoms with Gasteiger partial charge < -0.3 is 9.13 Å². The summed E-state index contributed by atoms with van der Waals surface area (Å²) < 4.78 is 5.04. The van der Waals surface area contributed by atoms with E-state index in [2.05, 4.69) is 161 Å². The molecule has 2 heteroatoms. The Labute approximate surface area is 292 Å². The second kappa shape index (κ2) is 11.8. The second-order valence-electron chi connectivity index (χ2n) is 15.8. The molecule has 49 heavy (non-hydrogen) atoms. The van der Waals surface area contributed by atoms with Gasteiger partial charge in [-0.1, -0.05) is 96.2 Å². The van der Waals surface area contributed by atoms with Crippen LogP contribution in [0, 0.1) is 6.92 Å². The zero-order valence-corrected chi connectivity index (χ0v) is 30.5. The summed E-state index contributed by atoms with van der Waals surface area (Å²) in [5, 5.41) is 5.39. The standard InChI is InChI=1S/C47H50N2/c1-8-46(4,5)34-21-24-43-40(29-34)38-18-10-11-19-42(38)48(43)36-16-12-14-32(27-36)33-15-13-17-37(28-33)49-44-25-22-35(47(6,7)9-2)30-41(44)39-23-20-31(3)26-45(39)49/h10-11,16-30H,8-9,12-15H2,1-7H3. The van der Waals surface area contributed by atoms with Crippen LogP contribution in [0.15, 0.2) is 114 Å². The topological polar surface area (TPSA) is 9.86 Å². The highest BCUT2D eigenvalue weighted by Gasteiger charge is 2.24. The lowest BCUT2D eigenvalue weighted by Gasteiger charge is -2.24. The molecular weight excluding hydrogens is 593 g/mol. The van der Waals surface area contributed by atoms with Gasteiger partial charge in [-0.25, -0.2) is 0 Å². The van der Waals surface area contributed by atoms with E-state index >= 15 is 0 Å². The number of hydrogen-bond acceptors (Lipinski definition) is 0. The summed E-state index contributed by atoms with van der Waals surface area (Å²) in [6.07, 6.45) is 16.4. The van der Waals surface area contributed by atoms with Crippen LogP contribution in [0.5, 0.6) is 0 Å². The lowest BCUT2D eigenvalue weighted by atomic mass is 9.82. The van der Waals surface area contributed by atoms with Crippen molar-refractivity contribution in [1.29, 1.82) is 0 Å². The fraction of sp³-hybridized carbons (Fsp3) is 0.319. The van der Waals surface area contributed by atoms with Gasteiger partial charge in [0, 0.05) is 32.9 Å². The maximum Gasteiger partial charge on any atom is 0.0543 e. The SMILES string of the molecule is CCC(C)(C)c1ccc2c(c1)c1ccccc1n2C1=CCCC(C2=CC(n3c4ccc(C(C)(C)CC)cc4c4ccc(C)cc43)=CCC2)=C1. The Bertz CT molecular complexity index is 2410. The number of rotatable bonds is 7. The van der Waals surface area contributed by atoms with Gasteiger partial charge in [-0.3, -0.25) is 0 Å². The molecule has 2 aromatic heterocycles. The van der Waals surface area contributed by atoms with Crippen molar-refractivity contribution in [3.8, 4) is 0 Å². The molecule has 0 radical (unpaired) electrons. The summed E-state index contributed by atoms with van der Waals surface area (Å²) in [6.45, 7) is 16.2. The maximum atomic E-state index is 2.53. The molecule has 0 atom stereocenters. The summed E-state index contributed by atoms with van der Waals surface area (Å²) in [4.78, 5) is 0. The van der Waals surface area contributed by atoms with Crippen LogP contribution in [0.4, 0.5) is 0 Å². The molecule has 0 aliphatic heterocycles. The Morgan fingerprint density at radius 2 is 1.02 bits per heavy atom. The monoisotopic (exact) mass is 642 g/mol. The fourth-order valence-corrected chi connectivity index (χ4v) is 8.10. The molecule has 0 bridgehead atoms. The van der Waals surface area contributed by atoms with Crippen LogP contribution in [0.3, 0.4) is 0 Å². The average Bonchev–Trinajstić information content (AvgIpc) is 3.63. The summed E-state index contributed by atoms with van der Waals surface area (Å²) in [6, 6.07) is 30.3. The largest absolute Gasteiger partial charge is 0.310 e. The summed E-state index contributed by atoms with van der Waals surface area (Å²) in [5.74, 6) is 0. The first-order valence-corrected chi connectivity index (χ1v) is 18.5. The molecule has 0 saturated heterocycles. The van der Waals surface area contributed by atoms with Crippen LogP contribution in [-0.2, 0) is 10.8 Å². The molecule has 4 aromatic carbocycles. The first-order valence-electron chi connectivity index (χ1n) is 18.5. The third-order valence-electron chi connectivity index (χ3n) is 12.0. The third kappa shape index (κ3) is 5.23. The minimum absolute atomic E-state index is 0.147. The molecule has 0 amide bonds. The van der Waals surface area contributed by atoms with Gasteiger partial charge in [0.2, 0.25) is 0 Å². The Morgan fingerprint density at radius 1 is 0.531 bits per heavy atom. The molecule has 0 unspecified atom stereocenters. The van der Waals surface area contributed by atoms with Gasteiger partial charge in [0.25, 0.3) is 0 Å². The molecule has 2 aliphatic rings. The van der Waals surface area contributed by atoms with Crippen LogP contribution < -0.4 is 0 Å². The van der Waals surface area contributed by atoms with Crippen molar-refractivity contribution < 1.29 is 0 Å². The van der Waals surface area contributed by atoms with E-state index in [-0.39, 0.29) is 10.8 Å². The predicted molar refractivity (Wildman–Crippen MR) is 213 cm³/mol. The van der Waals surface area contributed by atoms with Gasteiger partial charge in [-0.05, 0) is 133 Å². The van der Waals surface area contributed by atoms with E-state index in [4.69, 9.17) is 0 Å². The lowest BCUT2D eigenvalue weighted by molar-refractivity contribution is 0.507. The zero-order chi connectivity index (χ0) is 34.1. The minimum Gasteiger partial charge on any atom is -0.310 e. The Kier molecular flexibility index (Phi) is 7.63. The number of nitrogens with zero attached hydrogens (tertiary/aromatic N) is 2. The molecule has 6 aromatic rings. The van der Waals surface area contributed by atoms with E-state index in [0.29, 0.717) is 0 Å². The van der Waals surface area contributed by atoms with Gasteiger partial charge in [0.05, 0.1) is 22.1 Å². The van der Waals surface area contributed by atoms with Crippen molar-refractivity contribution in [2.45, 2.75) is 97.8 Å². The quantitative estimate of drug-likeness (QED) is 0.164. The fourth-order valence-electron chi connectivity index (χ4n) is 8.10. The number of para-hydroxylation sites is 1. The van der Waals surface area contributed by atoms with E-state index in [0.717, 1.165) is 38.5 Å². The molecule has 8 rings (SSSR count). The molecule has 0 spiro atoms. The zero-order valence-electron chi connectivity index (χ0n) is 30.5. The second-order valence-corrected chi connectivity index (χ2v) is 15.8. The number of fused-ring (bicyclic) bond motifs is 6. The first kappa shape index (κ1) is 31.7. The highest BCUT2D eigenvalue weighted by molar-refractivity contribution is 6.12. The third-order valence-corrected chi connectivity index (χ3v) is 12.0. The highest BCUT2D eigenvalue weighted by Crippen LogP contribution is 2.41. The normalized spacial score (nSPS) is 16.0. The molecule has 2 aliphatic carbocycles. The van der Waals surface area contributed by atoms with Gasteiger partial charge >= 0.3 is 0 Å². The van der Waals surface area contributed by atoms with Crippen molar-refractivity contribution in [2.24, 2.45) is 0 Å². The van der Waals surface area contributed by atoms with E-state index in [9.17, 15) is 0 Å². The Morgan fingerprint density at radius 3 is 1.57 bits per heavy atom. The van der Waals surface area contributed by atoms with E-state index < -0.39 is 0 Å². The smallest absolute Gasteiger partial charge is 0.0543 e. The van der Waals surface area contributed by atoms with Gasteiger partial charge in [-0.2, -0.15) is 0 Å². The van der Waals surface area contributed by atoms with Gasteiger partial charge in [-0.15, -0.1) is 0 Å². The summed E-state index contributed by atoms with van der Waals surface area (Å²) in [7, 11) is 0. The molecule has 248 valence electrons. The highest BCUT2D eigenvalue weighted by atomic mass is 15.0. The Balaban J connectivity index is 1.23. The molecule has 2 heterocycles. The predicted octanol–water partition coefficient (Wildman–Crippen LogP) is 13.4. The van der Waals surface area contributed by atoms with Gasteiger partial charge in [0.15, 0.2) is 0 Å². The van der Waals surface area contributed by atoms with Crippen LogP contribution in [0.2, 0.25) is 0 Å².